The van der Waals surface area contributed by atoms with E-state index in [9.17, 15) is 14.4 Å². The van der Waals surface area contributed by atoms with E-state index in [4.69, 9.17) is 4.74 Å². The third kappa shape index (κ3) is 5.25. The number of rotatable bonds is 7. The zero-order valence-electron chi connectivity index (χ0n) is 20.4. The molecular formula is C29H29N3O4. The topological polar surface area (TPSA) is 87.7 Å². The SMILES string of the molecule is Cc1ccc(CN2C(=O)O[C@@H](c3cccc(NC(=O)c4ccc(C)cc4)c3)[C@H]2C(=O)NC2CC2)cc1. The van der Waals surface area contributed by atoms with Gasteiger partial charge in [0.15, 0.2) is 12.1 Å². The van der Waals surface area contributed by atoms with E-state index in [-0.39, 0.29) is 24.4 Å². The van der Waals surface area contributed by atoms with E-state index in [0.717, 1.165) is 29.5 Å². The summed E-state index contributed by atoms with van der Waals surface area (Å²) in [4.78, 5) is 40.5. The Morgan fingerprint density at radius 2 is 1.61 bits per heavy atom. The first kappa shape index (κ1) is 23.6. The lowest BCUT2D eigenvalue weighted by Crippen LogP contribution is -2.46. The van der Waals surface area contributed by atoms with Gasteiger partial charge < -0.3 is 15.4 Å². The van der Waals surface area contributed by atoms with Crippen LogP contribution in [0.1, 0.15) is 51.6 Å². The second-order valence-corrected chi connectivity index (χ2v) is 9.59. The number of ether oxygens (including phenoxy) is 1. The second kappa shape index (κ2) is 9.85. The van der Waals surface area contributed by atoms with Gasteiger partial charge in [0.05, 0.1) is 6.54 Å². The van der Waals surface area contributed by atoms with E-state index >= 15 is 0 Å². The molecule has 7 nitrogen and oxygen atoms in total. The molecule has 184 valence electrons. The Balaban J connectivity index is 1.39. The first-order valence-electron chi connectivity index (χ1n) is 12.2. The maximum Gasteiger partial charge on any atom is 0.411 e. The van der Waals surface area contributed by atoms with E-state index in [0.29, 0.717) is 16.8 Å². The lowest BCUT2D eigenvalue weighted by Gasteiger charge is -2.24. The minimum absolute atomic E-state index is 0.148. The summed E-state index contributed by atoms with van der Waals surface area (Å²) in [6.07, 6.45) is 0.552. The molecule has 0 unspecified atom stereocenters. The zero-order valence-corrected chi connectivity index (χ0v) is 20.4. The van der Waals surface area contributed by atoms with Gasteiger partial charge in [-0.1, -0.05) is 59.7 Å². The Hall–Kier alpha value is -4.13. The number of cyclic esters (lactones) is 1. The molecule has 1 saturated carbocycles. The predicted octanol–water partition coefficient (Wildman–Crippen LogP) is 4.90. The molecule has 7 heteroatoms. The molecule has 2 atom stereocenters. The molecule has 1 aliphatic heterocycles. The molecule has 0 aromatic heterocycles. The Morgan fingerprint density at radius 1 is 0.944 bits per heavy atom. The average Bonchev–Trinajstić information content (AvgIpc) is 3.62. The van der Waals surface area contributed by atoms with Crippen LogP contribution in [-0.2, 0) is 16.1 Å². The number of carbonyl (C=O) groups is 3. The lowest BCUT2D eigenvalue weighted by molar-refractivity contribution is -0.126. The fraction of sp³-hybridized carbons (Fsp3) is 0.276. The van der Waals surface area contributed by atoms with Crippen LogP contribution >= 0.6 is 0 Å². The van der Waals surface area contributed by atoms with Crippen LogP contribution in [-0.4, -0.2) is 34.9 Å². The predicted molar refractivity (Wildman–Crippen MR) is 136 cm³/mol. The fourth-order valence-corrected chi connectivity index (χ4v) is 4.32. The van der Waals surface area contributed by atoms with Crippen LogP contribution in [0.4, 0.5) is 10.5 Å². The highest BCUT2D eigenvalue weighted by Gasteiger charge is 2.48. The molecule has 0 bridgehead atoms. The lowest BCUT2D eigenvalue weighted by atomic mass is 10.00. The average molecular weight is 484 g/mol. The summed E-state index contributed by atoms with van der Waals surface area (Å²) in [6.45, 7) is 4.23. The monoisotopic (exact) mass is 483 g/mol. The molecule has 3 amide bonds. The summed E-state index contributed by atoms with van der Waals surface area (Å²) in [7, 11) is 0. The summed E-state index contributed by atoms with van der Waals surface area (Å²) in [5, 5.41) is 5.93. The molecule has 1 saturated heterocycles. The number of benzene rings is 3. The van der Waals surface area contributed by atoms with Crippen LogP contribution in [0, 0.1) is 13.8 Å². The van der Waals surface area contributed by atoms with Gasteiger partial charge in [-0.05, 0) is 62.1 Å². The summed E-state index contributed by atoms with van der Waals surface area (Å²) in [5.41, 5.74) is 4.86. The molecule has 0 radical (unpaired) electrons. The molecule has 1 heterocycles. The number of nitrogens with one attached hydrogen (secondary N) is 2. The van der Waals surface area contributed by atoms with Crippen LogP contribution in [0.2, 0.25) is 0 Å². The Bertz CT molecular complexity index is 1280. The zero-order chi connectivity index (χ0) is 25.2. The van der Waals surface area contributed by atoms with Gasteiger partial charge in [0, 0.05) is 17.3 Å². The van der Waals surface area contributed by atoms with Crippen molar-refractivity contribution in [2.24, 2.45) is 0 Å². The summed E-state index contributed by atoms with van der Waals surface area (Å²) < 4.78 is 5.76. The van der Waals surface area contributed by atoms with Crippen molar-refractivity contribution >= 4 is 23.6 Å². The van der Waals surface area contributed by atoms with Crippen LogP contribution in [0.25, 0.3) is 0 Å². The summed E-state index contributed by atoms with van der Waals surface area (Å²) in [6, 6.07) is 21.6. The van der Waals surface area contributed by atoms with E-state index in [1.807, 2.05) is 56.3 Å². The highest BCUT2D eigenvalue weighted by Crippen LogP contribution is 2.35. The number of carbonyl (C=O) groups excluding carboxylic acids is 3. The van der Waals surface area contributed by atoms with Crippen molar-refractivity contribution in [3.8, 4) is 0 Å². The van der Waals surface area contributed by atoms with Crippen molar-refractivity contribution in [2.75, 3.05) is 5.32 Å². The molecule has 2 N–H and O–H groups in total. The maximum atomic E-state index is 13.3. The molecule has 3 aromatic rings. The van der Waals surface area contributed by atoms with Crippen LogP contribution in [0.15, 0.2) is 72.8 Å². The Labute approximate surface area is 210 Å². The summed E-state index contributed by atoms with van der Waals surface area (Å²) in [5.74, 6) is -0.464. The minimum Gasteiger partial charge on any atom is -0.438 e. The molecule has 3 aromatic carbocycles. The van der Waals surface area contributed by atoms with Crippen molar-refractivity contribution in [3.05, 3.63) is 101 Å². The van der Waals surface area contributed by atoms with Gasteiger partial charge in [-0.15, -0.1) is 0 Å². The summed E-state index contributed by atoms with van der Waals surface area (Å²) >= 11 is 0. The van der Waals surface area contributed by atoms with Gasteiger partial charge in [0.1, 0.15) is 0 Å². The van der Waals surface area contributed by atoms with Gasteiger partial charge in [-0.3, -0.25) is 14.5 Å². The quantitative estimate of drug-likeness (QED) is 0.501. The molecule has 36 heavy (non-hydrogen) atoms. The standard InChI is InChI=1S/C29H29N3O4/c1-18-6-10-20(11-7-18)17-32-25(28(34)30-23-14-15-23)26(36-29(32)35)22-4-3-5-24(16-22)31-27(33)21-12-8-19(2)9-13-21/h3-13,16,23,25-26H,14-15,17H2,1-2H3,(H,30,34)(H,31,33)/t25-,26-/m0/s1. The van der Waals surface area contributed by atoms with Gasteiger partial charge in [0.2, 0.25) is 5.91 Å². The highest BCUT2D eigenvalue weighted by molar-refractivity contribution is 6.04. The van der Waals surface area contributed by atoms with Gasteiger partial charge in [-0.2, -0.15) is 0 Å². The number of aryl methyl sites for hydroxylation is 2. The Morgan fingerprint density at radius 3 is 2.28 bits per heavy atom. The number of amides is 3. The molecule has 1 aliphatic carbocycles. The largest absolute Gasteiger partial charge is 0.438 e. The smallest absolute Gasteiger partial charge is 0.411 e. The number of anilines is 1. The van der Waals surface area contributed by atoms with Crippen molar-refractivity contribution in [3.63, 3.8) is 0 Å². The van der Waals surface area contributed by atoms with E-state index in [1.165, 1.54) is 4.90 Å². The van der Waals surface area contributed by atoms with Crippen molar-refractivity contribution < 1.29 is 19.1 Å². The van der Waals surface area contributed by atoms with Crippen LogP contribution < -0.4 is 10.6 Å². The van der Waals surface area contributed by atoms with Gasteiger partial charge in [0.25, 0.3) is 5.91 Å². The van der Waals surface area contributed by atoms with Gasteiger partial charge >= 0.3 is 6.09 Å². The number of hydrogen-bond acceptors (Lipinski definition) is 4. The van der Waals surface area contributed by atoms with E-state index in [1.54, 1.807) is 30.3 Å². The third-order valence-electron chi connectivity index (χ3n) is 6.54. The third-order valence-corrected chi connectivity index (χ3v) is 6.54. The number of nitrogens with zero attached hydrogens (tertiary/aromatic N) is 1. The first-order valence-corrected chi connectivity index (χ1v) is 12.2. The molecule has 2 fully saturated rings. The highest BCUT2D eigenvalue weighted by atomic mass is 16.6. The maximum absolute atomic E-state index is 13.3. The van der Waals surface area contributed by atoms with E-state index in [2.05, 4.69) is 10.6 Å². The van der Waals surface area contributed by atoms with Crippen LogP contribution in [0.3, 0.4) is 0 Å². The minimum atomic E-state index is -0.817. The fourth-order valence-electron chi connectivity index (χ4n) is 4.32. The van der Waals surface area contributed by atoms with Gasteiger partial charge in [-0.25, -0.2) is 4.79 Å². The number of hydrogen-bond donors (Lipinski definition) is 2. The molecular weight excluding hydrogens is 454 g/mol. The van der Waals surface area contributed by atoms with Crippen molar-refractivity contribution in [1.29, 1.82) is 0 Å². The first-order chi connectivity index (χ1) is 17.4. The normalized spacial score (nSPS) is 19.1. The molecule has 2 aliphatic rings. The second-order valence-electron chi connectivity index (χ2n) is 9.59. The Kier molecular flexibility index (Phi) is 6.46. The van der Waals surface area contributed by atoms with E-state index < -0.39 is 18.2 Å². The molecule has 5 rings (SSSR count). The van der Waals surface area contributed by atoms with Crippen LogP contribution in [0.5, 0.6) is 0 Å². The van der Waals surface area contributed by atoms with Crippen molar-refractivity contribution in [1.82, 2.24) is 10.2 Å². The molecule has 0 spiro atoms. The van der Waals surface area contributed by atoms with Crippen molar-refractivity contribution in [2.45, 2.75) is 51.4 Å².